The zero-order valence-electron chi connectivity index (χ0n) is 64.9. The first kappa shape index (κ1) is 79.4. The number of hydrogen-bond donors (Lipinski definition) is 14. The molecule has 0 radical (unpaired) electrons. The number of oxime groups is 4. The van der Waals surface area contributed by atoms with Gasteiger partial charge in [-0.3, -0.25) is 41.2 Å². The number of H-pyrrole nitrogens is 4. The highest BCUT2D eigenvalue weighted by atomic mass is 16.6. The van der Waals surface area contributed by atoms with Crippen LogP contribution in [0.5, 0.6) is 0 Å². The van der Waals surface area contributed by atoms with Gasteiger partial charge in [-0.1, -0.05) is 70.6 Å². The van der Waals surface area contributed by atoms with E-state index in [4.69, 9.17) is 9.68 Å². The molecule has 0 unspecified atom stereocenters. The maximum absolute atomic E-state index is 11.9. The van der Waals surface area contributed by atoms with Gasteiger partial charge in [0.1, 0.15) is 13.7 Å². The van der Waals surface area contributed by atoms with Crippen LogP contribution in [-0.4, -0.2) is 157 Å². The van der Waals surface area contributed by atoms with Gasteiger partial charge in [0, 0.05) is 144 Å². The fourth-order valence-electron chi connectivity index (χ4n) is 14.3. The number of hydrogen-bond acceptors (Lipinski definition) is 20. The van der Waals surface area contributed by atoms with Crippen LogP contribution in [0.4, 0.5) is 43.0 Å². The van der Waals surface area contributed by atoms with Crippen LogP contribution in [0.2, 0.25) is 0 Å². The largest absolute Gasteiger partial charge is 0.411 e. The van der Waals surface area contributed by atoms with E-state index in [0.717, 1.165) is 188 Å². The smallest absolute Gasteiger partial charge is 0.321 e. The highest BCUT2D eigenvalue weighted by Gasteiger charge is 2.34. The van der Waals surface area contributed by atoms with Crippen molar-refractivity contribution in [3.05, 3.63) is 169 Å². The van der Waals surface area contributed by atoms with Crippen molar-refractivity contribution in [1.82, 2.24) is 81.1 Å². The maximum Gasteiger partial charge on any atom is 0.321 e. The normalized spacial score (nSPS) is 14.6. The standard InChI is InChI=1S/3C21H24N6O2.C20H22N6O2/c1-3-23-21(28)26-20-24-17-11-15(14-6-5-9-22-12-14)10-16(19(17)25-20)18(13-7-8-13)27-29-4-2;2*1-2-23-21(28)26-20-24-17-11-15(14-8-5-9-22-12-14)10-16(19(17)25-20)18(27-29)13-6-3-4-7-13;1-3-22-20(27)25-19-23-16-10-14(13-5-4-8-21-11-13)9-15(18(16)24-19)17(26-28-2)12-6-7-12/h5-6,9-13H,3-4,7-8H2,1-2H3,(H3,23,24,25,26,28);2*5,8-13,29H,2-4,6-7H2,1H3,(H3,23,24,25,26,28);4-5,8-12H,3,6-7H2,1-2H3,(H3,22,23,24,25,27)/b2*27-18+;27-18-;26-17+. The van der Waals surface area contributed by atoms with Gasteiger partial charge in [0.05, 0.1) is 67.0 Å². The average molecular weight is 1560 g/mol. The average Bonchev–Trinajstić information content (AvgIpc) is 1.66. The SMILES string of the molecule is CCNC(=O)Nc1nc2c(/C(=N/O)C3CCCC3)cc(-c3cccnc3)cc2[nH]1.CCNC(=O)Nc1nc2c(/C(=N/OC)C3CC3)cc(-c3cccnc3)cc2[nH]1.CCNC(=O)Nc1nc2c(/C(=N/OCC)C3CC3)cc(-c3cccnc3)cc2[nH]1.CCNC(=O)Nc1nc2c(/C(=N\O)C3CCCC3)cc(-c3cccnc3)cc2[nH]1. The van der Waals surface area contributed by atoms with Crippen molar-refractivity contribution in [2.45, 2.75) is 112 Å². The Morgan fingerprint density at radius 3 is 0.887 bits per heavy atom. The second-order valence-corrected chi connectivity index (χ2v) is 28.0. The molecule has 14 N–H and O–H groups in total. The van der Waals surface area contributed by atoms with Crippen molar-refractivity contribution in [1.29, 1.82) is 0 Å². The second kappa shape index (κ2) is 38.0. The van der Waals surface area contributed by atoms with E-state index in [9.17, 15) is 29.6 Å². The predicted molar refractivity (Wildman–Crippen MR) is 446 cm³/mol. The van der Waals surface area contributed by atoms with Gasteiger partial charge in [-0.25, -0.2) is 39.1 Å². The van der Waals surface area contributed by atoms with E-state index in [1.807, 2.05) is 132 Å². The molecule has 4 fully saturated rings. The maximum atomic E-state index is 11.9. The van der Waals surface area contributed by atoms with Crippen molar-refractivity contribution < 1.29 is 39.3 Å². The quantitative estimate of drug-likeness (QED) is 0.0161. The summed E-state index contributed by atoms with van der Waals surface area (Å²) >= 11 is 0. The van der Waals surface area contributed by atoms with Gasteiger partial charge in [-0.2, -0.15) is 0 Å². The molecular weight excluding hydrogens is 1460 g/mol. The Kier molecular flexibility index (Phi) is 26.3. The summed E-state index contributed by atoms with van der Waals surface area (Å²) in [5.74, 6) is 2.60. The van der Waals surface area contributed by atoms with E-state index in [0.29, 0.717) is 90.9 Å². The molecule has 0 spiro atoms. The predicted octanol–water partition coefficient (Wildman–Crippen LogP) is 15.7. The number of rotatable bonds is 23. The molecule has 32 nitrogen and oxygen atoms in total. The number of aromatic nitrogens is 12. The molecule has 4 saturated carbocycles. The molecule has 4 aliphatic carbocycles. The summed E-state index contributed by atoms with van der Waals surface area (Å²) in [4.78, 5) is 106. The molecule has 0 bridgehead atoms. The van der Waals surface area contributed by atoms with Crippen LogP contribution >= 0.6 is 0 Å². The summed E-state index contributed by atoms with van der Waals surface area (Å²) in [6.07, 6.45) is 27.0. The fourth-order valence-corrected chi connectivity index (χ4v) is 14.3. The van der Waals surface area contributed by atoms with Crippen LogP contribution in [0, 0.1) is 23.7 Å². The van der Waals surface area contributed by atoms with Crippen LogP contribution in [0.15, 0.2) is 167 Å². The van der Waals surface area contributed by atoms with Crippen LogP contribution in [0.3, 0.4) is 0 Å². The van der Waals surface area contributed by atoms with Gasteiger partial charge < -0.3 is 61.3 Å². The number of urea groups is 4. The van der Waals surface area contributed by atoms with Gasteiger partial charge in [0.2, 0.25) is 23.8 Å². The van der Waals surface area contributed by atoms with E-state index >= 15 is 0 Å². The lowest BCUT2D eigenvalue weighted by Crippen LogP contribution is -2.28. The van der Waals surface area contributed by atoms with Crippen LogP contribution < -0.4 is 42.5 Å². The number of benzene rings is 4. The number of imidazole rings is 4. The van der Waals surface area contributed by atoms with E-state index in [2.05, 4.69) is 135 Å². The minimum absolute atomic E-state index is 0.198. The Morgan fingerprint density at radius 1 is 0.383 bits per heavy atom. The van der Waals surface area contributed by atoms with Crippen LogP contribution in [0.1, 0.15) is 134 Å². The Balaban J connectivity index is 0.000000134. The first-order valence-electron chi connectivity index (χ1n) is 39.0. The van der Waals surface area contributed by atoms with Crippen molar-refractivity contribution >= 4 is 115 Å². The lowest BCUT2D eigenvalue weighted by atomic mass is 9.92. The lowest BCUT2D eigenvalue weighted by molar-refractivity contribution is 0.158. The van der Waals surface area contributed by atoms with Crippen molar-refractivity contribution in [2.24, 2.45) is 44.3 Å². The van der Waals surface area contributed by atoms with E-state index < -0.39 is 0 Å². The van der Waals surface area contributed by atoms with Crippen molar-refractivity contribution in [3.63, 3.8) is 0 Å². The third-order valence-corrected chi connectivity index (χ3v) is 19.8. The monoisotopic (exact) mass is 1550 g/mol. The summed E-state index contributed by atoms with van der Waals surface area (Å²) in [6, 6.07) is 30.4. The summed E-state index contributed by atoms with van der Waals surface area (Å²) in [7, 11) is 1.55. The van der Waals surface area contributed by atoms with Crippen molar-refractivity contribution in [3.8, 4) is 44.5 Å². The summed E-state index contributed by atoms with van der Waals surface area (Å²) in [5, 5.41) is 57.4. The highest BCUT2D eigenvalue weighted by molar-refractivity contribution is 6.16. The minimum Gasteiger partial charge on any atom is -0.411 e. The lowest BCUT2D eigenvalue weighted by Gasteiger charge is -2.13. The number of anilines is 4. The summed E-state index contributed by atoms with van der Waals surface area (Å²) in [5.41, 5.74) is 20.2. The molecule has 16 rings (SSSR count). The zero-order chi connectivity index (χ0) is 80.2. The first-order chi connectivity index (χ1) is 56.3. The van der Waals surface area contributed by atoms with E-state index in [1.54, 1.807) is 44.3 Å². The molecule has 0 aliphatic heterocycles. The Hall–Kier alpha value is -13.7. The number of nitrogens with one attached hydrogen (secondary N) is 12. The molecule has 594 valence electrons. The highest BCUT2D eigenvalue weighted by Crippen LogP contribution is 2.41. The number of amides is 8. The molecule has 12 aromatic rings. The van der Waals surface area contributed by atoms with Gasteiger partial charge in [-0.15, -0.1) is 0 Å². The van der Waals surface area contributed by atoms with Crippen molar-refractivity contribution in [2.75, 3.05) is 61.2 Å². The molecule has 0 atom stereocenters. The Labute approximate surface area is 662 Å². The van der Waals surface area contributed by atoms with Gasteiger partial charge in [0.25, 0.3) is 0 Å². The van der Waals surface area contributed by atoms with E-state index in [-0.39, 0.29) is 36.0 Å². The van der Waals surface area contributed by atoms with E-state index in [1.165, 1.54) is 0 Å². The molecule has 32 heteroatoms. The minimum atomic E-state index is -0.326. The zero-order valence-corrected chi connectivity index (χ0v) is 64.9. The van der Waals surface area contributed by atoms with Gasteiger partial charge >= 0.3 is 24.1 Å². The first-order valence-corrected chi connectivity index (χ1v) is 39.0. The number of carbonyl (C=O) groups excluding carboxylic acids is 4. The van der Waals surface area contributed by atoms with Crippen LogP contribution in [-0.2, 0) is 9.68 Å². The summed E-state index contributed by atoms with van der Waals surface area (Å²) < 4.78 is 0. The second-order valence-electron chi connectivity index (χ2n) is 28.0. The Bertz CT molecular complexity index is 5320. The number of aromatic amines is 4. The molecule has 4 aliphatic rings. The summed E-state index contributed by atoms with van der Waals surface area (Å²) in [6.45, 7) is 12.0. The number of nitrogens with zero attached hydrogens (tertiary/aromatic N) is 12. The molecule has 8 aromatic heterocycles. The third-order valence-electron chi connectivity index (χ3n) is 19.8. The molecule has 8 heterocycles. The topological polar surface area (TPSA) is 439 Å². The number of fused-ring (bicyclic) bond motifs is 4. The molecule has 0 saturated heterocycles. The van der Waals surface area contributed by atoms with Crippen LogP contribution in [0.25, 0.3) is 88.6 Å². The molecule has 4 aromatic carbocycles. The number of pyridine rings is 4. The molecule has 8 amide bonds. The number of carbonyl (C=O) groups is 4. The molecule has 115 heavy (non-hydrogen) atoms. The third kappa shape index (κ3) is 19.8. The van der Waals surface area contributed by atoms with Gasteiger partial charge in [0.15, 0.2) is 0 Å². The molecular formula is C83H94N24O8. The van der Waals surface area contributed by atoms with Gasteiger partial charge in [-0.05, 0) is 181 Å². The Morgan fingerprint density at radius 2 is 0.652 bits per heavy atom. The fraction of sp³-hybridized carbons (Fsp3) is 0.325.